The smallest absolute Gasteiger partial charge is 0.327 e. The number of thioether (sulfide) groups is 1. The van der Waals surface area contributed by atoms with E-state index in [0.717, 1.165) is 61.2 Å². The number of aliphatic carboxylic acids is 1. The van der Waals surface area contributed by atoms with Gasteiger partial charge < -0.3 is 14.9 Å². The molecule has 1 saturated heterocycles. The Balaban J connectivity index is 1.57. The standard InChI is InChI=1S/C28H41N3O5S/c1-18-11-13-20(14-12-18)24(32)31(16-8-15-28(2)26(35)29(3)27(36)30(28)4)21-17-22(37-23(21)25(33)34)19-9-6-5-7-10-19/h9,17-18,20-21,23H,5-8,10-16H2,1-4H3,(H,33,34). The number of carbonyl (C=O) groups is 4. The van der Waals surface area contributed by atoms with Crippen molar-refractivity contribution in [1.29, 1.82) is 0 Å². The fraction of sp³-hybridized carbons (Fsp3) is 0.714. The van der Waals surface area contributed by atoms with Crippen LogP contribution in [-0.2, 0) is 14.4 Å². The highest BCUT2D eigenvalue weighted by molar-refractivity contribution is 8.04. The summed E-state index contributed by atoms with van der Waals surface area (Å²) in [6.45, 7) is 4.34. The van der Waals surface area contributed by atoms with E-state index in [1.54, 1.807) is 18.9 Å². The molecule has 2 aliphatic heterocycles. The second kappa shape index (κ2) is 11.2. The molecule has 1 N–H and O–H groups in total. The number of urea groups is 1. The van der Waals surface area contributed by atoms with Crippen molar-refractivity contribution in [3.63, 3.8) is 0 Å². The predicted molar refractivity (Wildman–Crippen MR) is 144 cm³/mol. The van der Waals surface area contributed by atoms with Gasteiger partial charge in [0.1, 0.15) is 10.8 Å². The van der Waals surface area contributed by atoms with Crippen LogP contribution in [0.25, 0.3) is 0 Å². The summed E-state index contributed by atoms with van der Waals surface area (Å²) in [6, 6.07) is -0.857. The first-order chi connectivity index (χ1) is 17.5. The number of likely N-dealkylation sites (N-methyl/N-ethyl adjacent to an activating group) is 2. The van der Waals surface area contributed by atoms with E-state index in [9.17, 15) is 24.3 Å². The van der Waals surface area contributed by atoms with Crippen molar-refractivity contribution in [2.24, 2.45) is 11.8 Å². The molecule has 204 valence electrons. The van der Waals surface area contributed by atoms with E-state index in [1.807, 2.05) is 6.08 Å². The molecule has 0 bridgehead atoms. The fourth-order valence-electron chi connectivity index (χ4n) is 6.23. The predicted octanol–water partition coefficient (Wildman–Crippen LogP) is 4.66. The zero-order chi connectivity index (χ0) is 26.9. The van der Waals surface area contributed by atoms with Gasteiger partial charge >= 0.3 is 12.0 Å². The van der Waals surface area contributed by atoms with E-state index in [4.69, 9.17) is 0 Å². The lowest BCUT2D eigenvalue weighted by molar-refractivity contribution is -0.141. The van der Waals surface area contributed by atoms with Crippen LogP contribution in [0.2, 0.25) is 0 Å². The number of hydrogen-bond acceptors (Lipinski definition) is 5. The SMILES string of the molecule is CC1CCC(C(=O)N(CCCC2(C)C(=O)N(C)C(=O)N2C)C2C=C(C3=CCCCC3)SC2C(=O)O)CC1. The highest BCUT2D eigenvalue weighted by Crippen LogP contribution is 2.43. The summed E-state index contributed by atoms with van der Waals surface area (Å²) in [4.78, 5) is 56.9. The molecule has 0 aromatic heterocycles. The minimum absolute atomic E-state index is 0.0309. The van der Waals surface area contributed by atoms with Gasteiger partial charge in [-0.05, 0) is 88.7 Å². The molecule has 4 aliphatic rings. The first-order valence-corrected chi connectivity index (χ1v) is 14.6. The van der Waals surface area contributed by atoms with Gasteiger partial charge in [-0.15, -0.1) is 11.8 Å². The number of hydrogen-bond donors (Lipinski definition) is 1. The molecule has 0 radical (unpaired) electrons. The first kappa shape index (κ1) is 27.7. The van der Waals surface area contributed by atoms with Crippen molar-refractivity contribution in [1.82, 2.24) is 14.7 Å². The molecular formula is C28H41N3O5S. The van der Waals surface area contributed by atoms with Gasteiger partial charge in [0.2, 0.25) is 5.91 Å². The van der Waals surface area contributed by atoms with Crippen LogP contribution in [0.4, 0.5) is 4.79 Å². The van der Waals surface area contributed by atoms with Crippen molar-refractivity contribution in [2.45, 2.75) is 94.9 Å². The second-order valence-corrected chi connectivity index (χ2v) is 12.6. The zero-order valence-electron chi connectivity index (χ0n) is 22.6. The van der Waals surface area contributed by atoms with Gasteiger partial charge in [0.15, 0.2) is 0 Å². The Labute approximate surface area is 224 Å². The van der Waals surface area contributed by atoms with E-state index in [0.29, 0.717) is 25.3 Å². The maximum Gasteiger partial charge on any atom is 0.327 e. The molecule has 1 saturated carbocycles. The lowest BCUT2D eigenvalue weighted by atomic mass is 9.82. The van der Waals surface area contributed by atoms with Crippen molar-refractivity contribution in [2.75, 3.05) is 20.6 Å². The van der Waals surface area contributed by atoms with Gasteiger partial charge in [0.25, 0.3) is 5.91 Å². The van der Waals surface area contributed by atoms with Crippen molar-refractivity contribution in [3.05, 3.63) is 22.6 Å². The van der Waals surface area contributed by atoms with Gasteiger partial charge in [-0.2, -0.15) is 0 Å². The molecule has 3 atom stereocenters. The molecule has 2 aliphatic carbocycles. The topological polar surface area (TPSA) is 98.2 Å². The second-order valence-electron chi connectivity index (χ2n) is 11.4. The van der Waals surface area contributed by atoms with Crippen LogP contribution in [0.3, 0.4) is 0 Å². The van der Waals surface area contributed by atoms with Crippen LogP contribution in [-0.4, -0.2) is 81.1 Å². The summed E-state index contributed by atoms with van der Waals surface area (Å²) >= 11 is 1.37. The minimum Gasteiger partial charge on any atom is -0.480 e. The Kier molecular flexibility index (Phi) is 8.41. The monoisotopic (exact) mass is 531 g/mol. The lowest BCUT2D eigenvalue weighted by Crippen LogP contribution is -2.50. The zero-order valence-corrected chi connectivity index (χ0v) is 23.4. The van der Waals surface area contributed by atoms with Crippen LogP contribution >= 0.6 is 11.8 Å². The molecule has 37 heavy (non-hydrogen) atoms. The van der Waals surface area contributed by atoms with Crippen LogP contribution < -0.4 is 0 Å². The highest BCUT2D eigenvalue weighted by Gasteiger charge is 2.51. The summed E-state index contributed by atoms with van der Waals surface area (Å²) in [5.41, 5.74) is 0.238. The van der Waals surface area contributed by atoms with E-state index >= 15 is 0 Å². The van der Waals surface area contributed by atoms with Gasteiger partial charge in [-0.3, -0.25) is 19.3 Å². The Morgan fingerprint density at radius 3 is 2.43 bits per heavy atom. The maximum absolute atomic E-state index is 13.9. The van der Waals surface area contributed by atoms with E-state index in [1.165, 1.54) is 29.3 Å². The number of amides is 4. The third kappa shape index (κ3) is 5.47. The van der Waals surface area contributed by atoms with E-state index in [-0.39, 0.29) is 23.8 Å². The van der Waals surface area contributed by atoms with Crippen LogP contribution in [0.5, 0.6) is 0 Å². The number of allylic oxidation sites excluding steroid dienone is 2. The normalized spacial score (nSPS) is 32.4. The number of rotatable bonds is 8. The number of nitrogens with zero attached hydrogens (tertiary/aromatic N) is 3. The first-order valence-electron chi connectivity index (χ1n) is 13.7. The fourth-order valence-corrected chi connectivity index (χ4v) is 7.52. The summed E-state index contributed by atoms with van der Waals surface area (Å²) < 4.78 is 0. The highest BCUT2D eigenvalue weighted by atomic mass is 32.2. The van der Waals surface area contributed by atoms with Crippen LogP contribution in [0.1, 0.15) is 78.1 Å². The van der Waals surface area contributed by atoms with Gasteiger partial charge in [-0.25, -0.2) is 4.79 Å². The molecule has 4 amide bonds. The summed E-state index contributed by atoms with van der Waals surface area (Å²) in [5.74, 6) is -0.609. The molecule has 0 aromatic carbocycles. The Bertz CT molecular complexity index is 1000. The van der Waals surface area contributed by atoms with Gasteiger partial charge in [0, 0.05) is 31.5 Å². The summed E-state index contributed by atoms with van der Waals surface area (Å²) in [6.07, 6.45) is 13.0. The van der Waals surface area contributed by atoms with Crippen LogP contribution in [0.15, 0.2) is 22.6 Å². The molecule has 0 aromatic rings. The minimum atomic E-state index is -0.967. The molecule has 8 nitrogen and oxygen atoms in total. The van der Waals surface area contributed by atoms with Crippen molar-refractivity contribution < 1.29 is 24.3 Å². The Morgan fingerprint density at radius 2 is 1.86 bits per heavy atom. The van der Waals surface area contributed by atoms with Crippen LogP contribution in [0, 0.1) is 11.8 Å². The summed E-state index contributed by atoms with van der Waals surface area (Å²) in [7, 11) is 3.13. The molecule has 3 unspecified atom stereocenters. The maximum atomic E-state index is 13.9. The van der Waals surface area contributed by atoms with Gasteiger partial charge in [-0.1, -0.05) is 13.0 Å². The average molecular weight is 532 g/mol. The quantitative estimate of drug-likeness (QED) is 0.458. The molecule has 2 heterocycles. The third-order valence-electron chi connectivity index (χ3n) is 8.89. The molecule has 2 fully saturated rings. The average Bonchev–Trinajstić information content (AvgIpc) is 3.40. The third-order valence-corrected chi connectivity index (χ3v) is 10.3. The number of imide groups is 1. The summed E-state index contributed by atoms with van der Waals surface area (Å²) in [5, 5.41) is 9.39. The molecule has 0 spiro atoms. The number of carbonyl (C=O) groups excluding carboxylic acids is 3. The van der Waals surface area contributed by atoms with E-state index < -0.39 is 22.8 Å². The molecular weight excluding hydrogens is 490 g/mol. The Morgan fingerprint density at radius 1 is 1.16 bits per heavy atom. The van der Waals surface area contributed by atoms with Crippen molar-refractivity contribution >= 4 is 35.6 Å². The largest absolute Gasteiger partial charge is 0.480 e. The number of carboxylic acids is 1. The van der Waals surface area contributed by atoms with E-state index in [2.05, 4.69) is 13.0 Å². The van der Waals surface area contributed by atoms with Crippen molar-refractivity contribution in [3.8, 4) is 0 Å². The van der Waals surface area contributed by atoms with Gasteiger partial charge in [0.05, 0.1) is 6.04 Å². The number of carboxylic acid groups (broad SMARTS) is 1. The molecule has 4 rings (SSSR count). The lowest BCUT2D eigenvalue weighted by Gasteiger charge is -2.36. The molecule has 9 heteroatoms. The Hall–Kier alpha value is -2.29.